The summed E-state index contributed by atoms with van der Waals surface area (Å²) in [5.74, 6) is 0.0482. The molecule has 4 atom stereocenters. The van der Waals surface area contributed by atoms with Crippen molar-refractivity contribution in [3.63, 3.8) is 0 Å². The molecule has 2 aliphatic rings. The Labute approximate surface area is 586 Å². The summed E-state index contributed by atoms with van der Waals surface area (Å²) in [6.45, 7) is 7.74. The number of likely N-dealkylation sites (tertiary alicyclic amines) is 2. The highest BCUT2D eigenvalue weighted by molar-refractivity contribution is 7.90. The topological polar surface area (TPSA) is 327 Å². The molecular formula is C69H64F6N14O10S3. The largest absolute Gasteiger partial charge is 0.419 e. The number of aromatic nitrogens is 10. The van der Waals surface area contributed by atoms with Gasteiger partial charge in [0, 0.05) is 116 Å². The first-order valence-corrected chi connectivity index (χ1v) is 34.4. The van der Waals surface area contributed by atoms with Crippen LogP contribution in [0.1, 0.15) is 46.5 Å². The molecule has 8 aromatic heterocycles. The second kappa shape index (κ2) is 32.9. The molecule has 0 unspecified atom stereocenters. The number of aryl methyl sites for hydroxylation is 2. The first-order chi connectivity index (χ1) is 48.8. The molecule has 5 N–H and O–H groups in total. The molecule has 24 nitrogen and oxygen atoms in total. The van der Waals surface area contributed by atoms with E-state index in [0.717, 1.165) is 49.8 Å². The van der Waals surface area contributed by atoms with Gasteiger partial charge in [0.25, 0.3) is 0 Å². The first kappa shape index (κ1) is 74.3. The van der Waals surface area contributed by atoms with Crippen LogP contribution in [0.15, 0.2) is 197 Å². The number of aliphatic hydroxyl groups excluding tert-OH is 2. The molecule has 0 spiro atoms. The van der Waals surface area contributed by atoms with E-state index in [-0.39, 0.29) is 41.0 Å². The van der Waals surface area contributed by atoms with Gasteiger partial charge in [-0.1, -0.05) is 107 Å². The molecule has 14 rings (SSSR count). The zero-order valence-electron chi connectivity index (χ0n) is 54.4. The minimum atomic E-state index is -4.82. The molecular weight excluding hydrogens is 1400 g/mol. The smallest absolute Gasteiger partial charge is 0.392 e. The van der Waals surface area contributed by atoms with E-state index in [4.69, 9.17) is 36.6 Å². The monoisotopic (exact) mass is 1460 g/mol. The van der Waals surface area contributed by atoms with Crippen LogP contribution in [-0.4, -0.2) is 151 Å². The van der Waals surface area contributed by atoms with Gasteiger partial charge in [-0.2, -0.15) is 43.2 Å². The number of aliphatic hydroxyl groups is 2. The van der Waals surface area contributed by atoms with Gasteiger partial charge in [0.05, 0.1) is 57.5 Å². The van der Waals surface area contributed by atoms with Crippen LogP contribution in [0.2, 0.25) is 0 Å². The fourth-order valence-electron chi connectivity index (χ4n) is 11.9. The first-order valence-electron chi connectivity index (χ1n) is 31.1. The Bertz CT molecular complexity index is 5000. The predicted octanol–water partition coefficient (Wildman–Crippen LogP) is 10.6. The van der Waals surface area contributed by atoms with E-state index < -0.39 is 73.4 Å². The number of nitrogens with two attached hydrogens (primary N) is 1. The van der Waals surface area contributed by atoms with Crippen molar-refractivity contribution in [2.24, 2.45) is 5.73 Å². The third-order valence-corrected chi connectivity index (χ3v) is 17.2. The van der Waals surface area contributed by atoms with Crippen molar-refractivity contribution in [2.75, 3.05) is 37.8 Å². The van der Waals surface area contributed by atoms with Crippen molar-refractivity contribution in [3.8, 4) is 56.4 Å². The fraction of sp³-hybridized carbons (Fsp3) is 0.246. The van der Waals surface area contributed by atoms with E-state index in [1.165, 1.54) is 24.3 Å². The summed E-state index contributed by atoms with van der Waals surface area (Å²) in [7, 11) is -3.96. The van der Waals surface area contributed by atoms with E-state index >= 15 is 0 Å². The number of benzene rings is 4. The Balaban J connectivity index is 0.000000175. The van der Waals surface area contributed by atoms with Crippen molar-refractivity contribution in [1.29, 1.82) is 0 Å². The lowest BCUT2D eigenvalue weighted by Crippen LogP contribution is -2.48. The average molecular weight is 1460 g/mol. The van der Waals surface area contributed by atoms with Gasteiger partial charge in [0.15, 0.2) is 0 Å². The third kappa shape index (κ3) is 18.4. The van der Waals surface area contributed by atoms with Crippen LogP contribution in [0.5, 0.6) is 0 Å². The van der Waals surface area contributed by atoms with Crippen molar-refractivity contribution in [2.45, 2.75) is 81.6 Å². The number of piperidine rings is 2. The number of nitrogens with one attached hydrogen (secondary N) is 1. The summed E-state index contributed by atoms with van der Waals surface area (Å²) in [5, 5.41) is 31.4. The van der Waals surface area contributed by atoms with Crippen molar-refractivity contribution >= 4 is 61.0 Å². The molecule has 0 radical (unpaired) electrons. The number of hydrogen-bond acceptors (Lipinski definition) is 22. The van der Waals surface area contributed by atoms with Crippen LogP contribution in [0.25, 0.3) is 78.5 Å². The second-order valence-corrected chi connectivity index (χ2v) is 26.0. The van der Waals surface area contributed by atoms with E-state index in [2.05, 4.69) is 62.5 Å². The summed E-state index contributed by atoms with van der Waals surface area (Å²) >= 11 is -1.50. The molecule has 33 heteroatoms. The number of alkyl halides is 6. The van der Waals surface area contributed by atoms with Gasteiger partial charge >= 0.3 is 35.5 Å². The van der Waals surface area contributed by atoms with Crippen LogP contribution >= 0.6 is 0 Å². The van der Waals surface area contributed by atoms with Gasteiger partial charge in [-0.15, -0.1) is 0 Å². The van der Waals surface area contributed by atoms with E-state index in [9.17, 15) is 45.0 Å². The molecule has 10 heterocycles. The van der Waals surface area contributed by atoms with Crippen molar-refractivity contribution in [1.82, 2.24) is 59.2 Å². The number of β-amino-alcohol motifs (C(OH)–C–C–N with tert-alkyl or cyclic N) is 2. The van der Waals surface area contributed by atoms with E-state index in [1.807, 2.05) is 78.9 Å². The van der Waals surface area contributed by atoms with Crippen LogP contribution in [0.3, 0.4) is 0 Å². The maximum Gasteiger partial charge on any atom is 0.419 e. The quantitative estimate of drug-likeness (QED) is 0.0615. The number of hydrogen-bond donors (Lipinski definition) is 4. The lowest BCUT2D eigenvalue weighted by atomic mass is 10.0. The molecule has 4 aromatic carbocycles. The molecule has 2 aliphatic heterocycles. The van der Waals surface area contributed by atoms with Gasteiger partial charge in [-0.25, -0.2) is 38.3 Å². The average Bonchev–Trinajstić information content (AvgIpc) is 1.58. The molecule has 0 bridgehead atoms. The third-order valence-electron chi connectivity index (χ3n) is 16.3. The highest BCUT2D eigenvalue weighted by Crippen LogP contribution is 2.43. The number of nitrogens with zero attached hydrogens (tertiary/aromatic N) is 12. The van der Waals surface area contributed by atoms with Crippen molar-refractivity contribution in [3.05, 3.63) is 217 Å². The molecule has 2 fully saturated rings. The number of para-hydroxylation sites is 2. The predicted molar refractivity (Wildman–Crippen MR) is 366 cm³/mol. The van der Waals surface area contributed by atoms with Gasteiger partial charge in [-0.05, 0) is 86.3 Å². The minimum Gasteiger partial charge on any atom is -0.392 e. The number of sulfone groups is 1. The van der Waals surface area contributed by atoms with Gasteiger partial charge in [-0.3, -0.25) is 9.80 Å². The Hall–Kier alpha value is -10.4. The molecule has 2 saturated heterocycles. The minimum absolute atomic E-state index is 0.0482. The maximum absolute atomic E-state index is 14.5. The van der Waals surface area contributed by atoms with E-state index in [1.54, 1.807) is 83.8 Å². The van der Waals surface area contributed by atoms with Crippen LogP contribution in [0, 0.1) is 13.8 Å². The normalized spacial score (nSPS) is 16.4. The fourth-order valence-corrected chi connectivity index (χ4v) is 12.4. The van der Waals surface area contributed by atoms with Crippen LogP contribution in [0.4, 0.5) is 32.3 Å². The number of fused-ring (bicyclic) bond motifs is 2. The summed E-state index contributed by atoms with van der Waals surface area (Å²) < 4.78 is 156. The van der Waals surface area contributed by atoms with Crippen LogP contribution < -0.4 is 11.1 Å². The lowest BCUT2D eigenvalue weighted by Gasteiger charge is -2.36. The Morgan fingerprint density at radius 3 is 1.37 bits per heavy atom. The summed E-state index contributed by atoms with van der Waals surface area (Å²) in [6, 6.07) is 44.9. The number of pyridine rings is 2. The van der Waals surface area contributed by atoms with Gasteiger partial charge < -0.3 is 39.4 Å². The molecule has 0 amide bonds. The Kier molecular flexibility index (Phi) is 24.0. The lowest BCUT2D eigenvalue weighted by molar-refractivity contribution is -0.138. The molecule has 0 saturated carbocycles. The molecule has 530 valence electrons. The van der Waals surface area contributed by atoms with Gasteiger partial charge in [0.1, 0.15) is 34.9 Å². The summed E-state index contributed by atoms with van der Waals surface area (Å²) in [5.41, 5.74) is 11.4. The van der Waals surface area contributed by atoms with E-state index in [0.29, 0.717) is 93.9 Å². The molecule has 0 aliphatic carbocycles. The Morgan fingerprint density at radius 1 is 0.549 bits per heavy atom. The Morgan fingerprint density at radius 2 is 0.961 bits per heavy atom. The van der Waals surface area contributed by atoms with Crippen molar-refractivity contribution < 1.29 is 70.9 Å². The SMILES string of the molecule is Cc1nocc1-c1ccc2c(-c3nc(N[C@H]4C[C@@H](O)CN(Cc5ccccc5)C4)ncc3C(F)(F)F)cn(-c3ccccc3)c2n1.Cc1nocc1-c1ccc2c(-c3nc(S(C)(=O)=O)ncc3C(F)(F)F)cn(-c3ccccc3)c2n1.N[C@H]1C[C@@H](O)CN(Cc2ccccc2)C1.O=S=O.O=S=O. The second-order valence-electron chi connectivity index (χ2n) is 23.8. The molecule has 102 heavy (non-hydrogen) atoms. The van der Waals surface area contributed by atoms with Gasteiger partial charge in [0.2, 0.25) is 20.9 Å². The standard InChI is InChI=1S/C34H30F3N7O2.C23H16F3N5O3S.C12H18N2O.2O2S/c1-21-28(20-46-42-21)30-13-12-26-27(19-44(32(26)40-30)24-10-6-3-7-11-24)31-29(34(35,36)37)15-38-33(41-31)39-23-14-25(45)18-43(17-23)16-22-8-4-2-5-9-22;1-13-17(12-34-30-13)19-9-8-15-16(11-31(21(15)28-19)14-6-4-3-5-7-14)20-18(23(24,25)26)10-27-22(29-20)35(2,32)33;13-11-6-12(15)9-14(8-11)7-10-4-2-1-3-5-10;2*1-3-2/h2-13,15,19-20,23,25,45H,14,16-18H2,1H3,(H,38,39,41);3-12H,1-2H3;1-5,11-12,15H,6-9,13H2;;/t23-,25+;;11-,12+;;/m0.0../s1. The zero-order valence-corrected chi connectivity index (χ0v) is 56.8. The number of anilines is 1. The molecule has 12 aromatic rings. The number of halogens is 6. The summed E-state index contributed by atoms with van der Waals surface area (Å²) in [6.07, 6.45) is -1.11. The van der Waals surface area contributed by atoms with Crippen LogP contribution in [-0.2, 0) is 58.4 Å². The zero-order chi connectivity index (χ0) is 72.9. The highest BCUT2D eigenvalue weighted by Gasteiger charge is 2.39. The number of rotatable bonds is 13. The summed E-state index contributed by atoms with van der Waals surface area (Å²) in [4.78, 5) is 29.7. The highest BCUT2D eigenvalue weighted by atomic mass is 32.2. The maximum atomic E-state index is 14.5.